The summed E-state index contributed by atoms with van der Waals surface area (Å²) in [6.07, 6.45) is -0.462. The van der Waals surface area contributed by atoms with Crippen LogP contribution < -0.4 is 4.90 Å². The fourth-order valence-electron chi connectivity index (χ4n) is 1.86. The maximum atomic E-state index is 11.7. The van der Waals surface area contributed by atoms with Crippen molar-refractivity contribution in [1.29, 1.82) is 0 Å². The molecule has 1 saturated heterocycles. The highest BCUT2D eigenvalue weighted by molar-refractivity contribution is 5.89. The van der Waals surface area contributed by atoms with E-state index in [1.54, 1.807) is 4.90 Å². The Kier molecular flexibility index (Phi) is 4.20. The smallest absolute Gasteiger partial charge is 0.414 e. The minimum absolute atomic E-state index is 0.170. The highest BCUT2D eigenvalue weighted by Crippen LogP contribution is 2.21. The summed E-state index contributed by atoms with van der Waals surface area (Å²) in [7, 11) is 0. The number of carbonyl (C=O) groups excluding carboxylic acids is 1. The molecule has 4 nitrogen and oxygen atoms in total. The molecule has 1 fully saturated rings. The molecule has 0 radical (unpaired) electrons. The standard InChI is InChI=1S/C14H19NO3/c1-11(2)9-17-10-13-8-15(14(16)18-13)12-6-4-3-5-7-12/h3-7,11,13H,8-10H2,1-2H3. The van der Waals surface area contributed by atoms with Crippen molar-refractivity contribution >= 4 is 11.8 Å². The molecule has 1 aromatic carbocycles. The van der Waals surface area contributed by atoms with Crippen LogP contribution in [0.1, 0.15) is 13.8 Å². The van der Waals surface area contributed by atoms with E-state index in [2.05, 4.69) is 13.8 Å². The molecule has 0 saturated carbocycles. The van der Waals surface area contributed by atoms with E-state index in [9.17, 15) is 4.79 Å². The molecule has 0 spiro atoms. The molecule has 1 aliphatic rings. The van der Waals surface area contributed by atoms with Gasteiger partial charge in [0.05, 0.1) is 13.2 Å². The first kappa shape index (κ1) is 12.9. The summed E-state index contributed by atoms with van der Waals surface area (Å²) in [6, 6.07) is 9.54. The summed E-state index contributed by atoms with van der Waals surface area (Å²) >= 11 is 0. The molecule has 1 atom stereocenters. The van der Waals surface area contributed by atoms with Gasteiger partial charge in [-0.15, -0.1) is 0 Å². The van der Waals surface area contributed by atoms with Gasteiger partial charge < -0.3 is 9.47 Å². The van der Waals surface area contributed by atoms with E-state index < -0.39 is 0 Å². The Bertz CT molecular complexity index is 391. The van der Waals surface area contributed by atoms with Gasteiger partial charge in [0, 0.05) is 12.3 Å². The molecular formula is C14H19NO3. The molecule has 0 bridgehead atoms. The van der Waals surface area contributed by atoms with Crippen molar-refractivity contribution in [1.82, 2.24) is 0 Å². The first-order chi connectivity index (χ1) is 8.66. The van der Waals surface area contributed by atoms with Gasteiger partial charge in [-0.2, -0.15) is 0 Å². The molecule has 2 rings (SSSR count). The molecule has 0 N–H and O–H groups in total. The van der Waals surface area contributed by atoms with E-state index in [1.165, 1.54) is 0 Å². The van der Waals surface area contributed by atoms with Gasteiger partial charge in [-0.3, -0.25) is 4.90 Å². The van der Waals surface area contributed by atoms with Crippen molar-refractivity contribution < 1.29 is 14.3 Å². The quantitative estimate of drug-likeness (QED) is 0.805. The van der Waals surface area contributed by atoms with Crippen LogP contribution in [0.2, 0.25) is 0 Å². The van der Waals surface area contributed by atoms with Gasteiger partial charge >= 0.3 is 6.09 Å². The fourth-order valence-corrected chi connectivity index (χ4v) is 1.86. The highest BCUT2D eigenvalue weighted by Gasteiger charge is 2.32. The number of cyclic esters (lactones) is 1. The first-order valence-corrected chi connectivity index (χ1v) is 6.27. The molecule has 1 heterocycles. The van der Waals surface area contributed by atoms with Gasteiger partial charge in [0.2, 0.25) is 0 Å². The van der Waals surface area contributed by atoms with Crippen LogP contribution in [0.15, 0.2) is 30.3 Å². The third-order valence-electron chi connectivity index (χ3n) is 2.70. The minimum Gasteiger partial charge on any atom is -0.441 e. The summed E-state index contributed by atoms with van der Waals surface area (Å²) in [5.74, 6) is 0.493. The van der Waals surface area contributed by atoms with Gasteiger partial charge in [0.25, 0.3) is 0 Å². The zero-order chi connectivity index (χ0) is 13.0. The summed E-state index contributed by atoms with van der Waals surface area (Å²) < 4.78 is 10.8. The number of anilines is 1. The SMILES string of the molecule is CC(C)COCC1CN(c2ccccc2)C(=O)O1. The number of ether oxygens (including phenoxy) is 2. The molecule has 1 aromatic rings. The molecule has 0 aromatic heterocycles. The van der Waals surface area contributed by atoms with Crippen molar-refractivity contribution in [2.75, 3.05) is 24.7 Å². The lowest BCUT2D eigenvalue weighted by Gasteiger charge is -2.13. The lowest BCUT2D eigenvalue weighted by atomic mass is 10.2. The molecule has 0 aliphatic carbocycles. The second kappa shape index (κ2) is 5.87. The van der Waals surface area contributed by atoms with Crippen molar-refractivity contribution in [3.63, 3.8) is 0 Å². The van der Waals surface area contributed by atoms with Crippen molar-refractivity contribution in [3.8, 4) is 0 Å². The second-order valence-electron chi connectivity index (χ2n) is 4.88. The topological polar surface area (TPSA) is 38.8 Å². The molecule has 1 unspecified atom stereocenters. The predicted molar refractivity (Wildman–Crippen MR) is 69.7 cm³/mol. The van der Waals surface area contributed by atoms with Crippen LogP contribution in [0.3, 0.4) is 0 Å². The Morgan fingerprint density at radius 3 is 2.78 bits per heavy atom. The summed E-state index contributed by atoms with van der Waals surface area (Å²) in [6.45, 7) is 5.90. The molecule has 1 amide bonds. The number of nitrogens with zero attached hydrogens (tertiary/aromatic N) is 1. The average molecular weight is 249 g/mol. The number of amides is 1. The van der Waals surface area contributed by atoms with Gasteiger partial charge in [-0.1, -0.05) is 32.0 Å². The normalized spacial score (nSPS) is 19.4. The summed E-state index contributed by atoms with van der Waals surface area (Å²) in [5.41, 5.74) is 0.869. The van der Waals surface area contributed by atoms with E-state index in [0.29, 0.717) is 25.7 Å². The van der Waals surface area contributed by atoms with E-state index >= 15 is 0 Å². The zero-order valence-corrected chi connectivity index (χ0v) is 10.8. The Hall–Kier alpha value is -1.55. The maximum absolute atomic E-state index is 11.7. The summed E-state index contributed by atoms with van der Waals surface area (Å²) in [4.78, 5) is 13.4. The van der Waals surface area contributed by atoms with Crippen LogP contribution in [0.5, 0.6) is 0 Å². The Morgan fingerprint density at radius 2 is 2.11 bits per heavy atom. The molecule has 18 heavy (non-hydrogen) atoms. The average Bonchev–Trinajstić information content (AvgIpc) is 2.71. The lowest BCUT2D eigenvalue weighted by Crippen LogP contribution is -2.26. The fraction of sp³-hybridized carbons (Fsp3) is 0.500. The van der Waals surface area contributed by atoms with Crippen molar-refractivity contribution in [2.45, 2.75) is 20.0 Å². The van der Waals surface area contributed by atoms with E-state index in [1.807, 2.05) is 30.3 Å². The third-order valence-corrected chi connectivity index (χ3v) is 2.70. The highest BCUT2D eigenvalue weighted by atomic mass is 16.6. The molecule has 4 heteroatoms. The maximum Gasteiger partial charge on any atom is 0.414 e. The van der Waals surface area contributed by atoms with Gasteiger partial charge in [0.1, 0.15) is 6.10 Å². The van der Waals surface area contributed by atoms with Crippen LogP contribution in [0, 0.1) is 5.92 Å². The van der Waals surface area contributed by atoms with Crippen molar-refractivity contribution in [2.24, 2.45) is 5.92 Å². The second-order valence-corrected chi connectivity index (χ2v) is 4.88. The number of carbonyl (C=O) groups is 1. The molecular weight excluding hydrogens is 230 g/mol. The van der Waals surface area contributed by atoms with Crippen molar-refractivity contribution in [3.05, 3.63) is 30.3 Å². The Morgan fingerprint density at radius 1 is 1.39 bits per heavy atom. The minimum atomic E-state index is -0.292. The Balaban J connectivity index is 1.87. The van der Waals surface area contributed by atoms with E-state index in [0.717, 1.165) is 5.69 Å². The molecule has 98 valence electrons. The van der Waals surface area contributed by atoms with Gasteiger partial charge in [-0.05, 0) is 18.1 Å². The van der Waals surface area contributed by atoms with Crippen LogP contribution in [-0.4, -0.2) is 32.0 Å². The van der Waals surface area contributed by atoms with Gasteiger partial charge in [0.15, 0.2) is 0 Å². The van der Waals surface area contributed by atoms with Crippen LogP contribution >= 0.6 is 0 Å². The number of benzene rings is 1. The van der Waals surface area contributed by atoms with Crippen LogP contribution in [0.4, 0.5) is 10.5 Å². The number of rotatable bonds is 5. The largest absolute Gasteiger partial charge is 0.441 e. The predicted octanol–water partition coefficient (Wildman–Crippen LogP) is 2.68. The van der Waals surface area contributed by atoms with Gasteiger partial charge in [-0.25, -0.2) is 4.79 Å². The Labute approximate surface area is 107 Å². The number of hydrogen-bond donors (Lipinski definition) is 0. The summed E-state index contributed by atoms with van der Waals surface area (Å²) in [5, 5.41) is 0. The lowest BCUT2D eigenvalue weighted by molar-refractivity contribution is 0.0351. The first-order valence-electron chi connectivity index (χ1n) is 6.27. The van der Waals surface area contributed by atoms with Crippen LogP contribution in [-0.2, 0) is 9.47 Å². The third kappa shape index (κ3) is 3.23. The van der Waals surface area contributed by atoms with Crippen LogP contribution in [0.25, 0.3) is 0 Å². The van der Waals surface area contributed by atoms with E-state index in [-0.39, 0.29) is 12.2 Å². The monoisotopic (exact) mass is 249 g/mol. The zero-order valence-electron chi connectivity index (χ0n) is 10.8. The number of para-hydroxylation sites is 1. The van der Waals surface area contributed by atoms with E-state index in [4.69, 9.17) is 9.47 Å². The number of hydrogen-bond acceptors (Lipinski definition) is 3. The molecule has 1 aliphatic heterocycles.